The van der Waals surface area contributed by atoms with E-state index in [9.17, 15) is 13.2 Å². The average Bonchev–Trinajstić information content (AvgIpc) is 2.75. The van der Waals surface area contributed by atoms with Gasteiger partial charge < -0.3 is 4.90 Å². The average molecular weight is 296 g/mol. The maximum Gasteiger partial charge on any atom is 0.222 e. The van der Waals surface area contributed by atoms with Crippen LogP contribution in [0.25, 0.3) is 0 Å². The van der Waals surface area contributed by atoms with Crippen LogP contribution in [0.2, 0.25) is 0 Å². The number of nitrogens with zero attached hydrogens (tertiary/aromatic N) is 1. The Morgan fingerprint density at radius 2 is 2.00 bits per heavy atom. The summed E-state index contributed by atoms with van der Waals surface area (Å²) in [6.07, 6.45) is 2.40. The van der Waals surface area contributed by atoms with Crippen molar-refractivity contribution in [2.45, 2.75) is 12.8 Å². The molecule has 1 N–H and O–H groups in total. The summed E-state index contributed by atoms with van der Waals surface area (Å²) in [7, 11) is -3.18. The number of nitrogens with one attached hydrogen (secondary N) is 1. The van der Waals surface area contributed by atoms with Gasteiger partial charge in [-0.1, -0.05) is 30.3 Å². The highest BCUT2D eigenvalue weighted by molar-refractivity contribution is 7.88. The number of hydrogen-bond donors (Lipinski definition) is 1. The molecule has 5 nitrogen and oxygen atoms in total. The standard InChI is InChI=1S/C14H20N2O3S/c1-20(18,19)15-10-13-9-14(17)16(11-13)8-7-12-5-3-2-4-6-12/h2-6,13,15H,7-11H2,1H3. The van der Waals surface area contributed by atoms with Crippen LogP contribution in [-0.4, -0.2) is 45.1 Å². The van der Waals surface area contributed by atoms with Crippen LogP contribution in [0.15, 0.2) is 30.3 Å². The van der Waals surface area contributed by atoms with Crippen LogP contribution in [0.5, 0.6) is 0 Å². The highest BCUT2D eigenvalue weighted by Crippen LogP contribution is 2.17. The first-order valence-corrected chi connectivity index (χ1v) is 8.59. The molecule has 110 valence electrons. The molecule has 1 aliphatic heterocycles. The van der Waals surface area contributed by atoms with Gasteiger partial charge in [0.1, 0.15) is 0 Å². The van der Waals surface area contributed by atoms with Crippen molar-refractivity contribution in [3.8, 4) is 0 Å². The molecule has 0 bridgehead atoms. The van der Waals surface area contributed by atoms with Crippen molar-refractivity contribution in [3.63, 3.8) is 0 Å². The van der Waals surface area contributed by atoms with E-state index in [1.54, 1.807) is 0 Å². The first-order chi connectivity index (χ1) is 9.44. The van der Waals surface area contributed by atoms with Gasteiger partial charge in [-0.15, -0.1) is 0 Å². The van der Waals surface area contributed by atoms with E-state index in [1.165, 1.54) is 5.56 Å². The zero-order chi connectivity index (χ0) is 14.6. The van der Waals surface area contributed by atoms with Crippen LogP contribution in [0.4, 0.5) is 0 Å². The van der Waals surface area contributed by atoms with Gasteiger partial charge in [0.15, 0.2) is 0 Å². The third-order valence-electron chi connectivity index (χ3n) is 3.44. The minimum absolute atomic E-state index is 0.0769. The van der Waals surface area contributed by atoms with Gasteiger partial charge in [-0.3, -0.25) is 4.79 Å². The van der Waals surface area contributed by atoms with Crippen molar-refractivity contribution < 1.29 is 13.2 Å². The summed E-state index contributed by atoms with van der Waals surface area (Å²) in [6.45, 7) is 1.67. The van der Waals surface area contributed by atoms with Crippen molar-refractivity contribution in [1.29, 1.82) is 0 Å². The molecule has 0 aliphatic carbocycles. The SMILES string of the molecule is CS(=O)(=O)NCC1CC(=O)N(CCc2ccccc2)C1. The number of carbonyl (C=O) groups is 1. The van der Waals surface area contributed by atoms with E-state index in [2.05, 4.69) is 4.72 Å². The smallest absolute Gasteiger partial charge is 0.222 e. The number of likely N-dealkylation sites (tertiary alicyclic amines) is 1. The molecule has 1 atom stereocenters. The molecule has 1 amide bonds. The molecule has 0 radical (unpaired) electrons. The molecule has 2 rings (SSSR count). The molecule has 1 aliphatic rings. The van der Waals surface area contributed by atoms with Crippen molar-refractivity contribution in [2.24, 2.45) is 5.92 Å². The Labute approximate surface area is 120 Å². The van der Waals surface area contributed by atoms with Crippen LogP contribution in [0, 0.1) is 5.92 Å². The number of amides is 1. The zero-order valence-corrected chi connectivity index (χ0v) is 12.4. The van der Waals surface area contributed by atoms with E-state index < -0.39 is 10.0 Å². The third-order valence-corrected chi connectivity index (χ3v) is 4.13. The summed E-state index contributed by atoms with van der Waals surface area (Å²) in [4.78, 5) is 13.7. The lowest BCUT2D eigenvalue weighted by Crippen LogP contribution is -2.31. The number of hydrogen-bond acceptors (Lipinski definition) is 3. The summed E-state index contributed by atoms with van der Waals surface area (Å²) in [5, 5.41) is 0. The van der Waals surface area contributed by atoms with Crippen molar-refractivity contribution >= 4 is 15.9 Å². The van der Waals surface area contributed by atoms with E-state index in [0.29, 0.717) is 26.1 Å². The second kappa shape index (κ2) is 6.37. The van der Waals surface area contributed by atoms with E-state index in [-0.39, 0.29) is 11.8 Å². The Morgan fingerprint density at radius 3 is 2.65 bits per heavy atom. The lowest BCUT2D eigenvalue weighted by Gasteiger charge is -2.16. The number of benzene rings is 1. The quantitative estimate of drug-likeness (QED) is 0.837. The molecule has 20 heavy (non-hydrogen) atoms. The number of rotatable bonds is 6. The highest BCUT2D eigenvalue weighted by Gasteiger charge is 2.29. The highest BCUT2D eigenvalue weighted by atomic mass is 32.2. The molecule has 0 saturated carbocycles. The predicted molar refractivity (Wildman–Crippen MR) is 77.7 cm³/mol. The maximum atomic E-state index is 11.9. The number of sulfonamides is 1. The van der Waals surface area contributed by atoms with Gasteiger partial charge in [0, 0.05) is 26.1 Å². The molecule has 1 heterocycles. The Kier molecular flexibility index (Phi) is 4.77. The maximum absolute atomic E-state index is 11.9. The van der Waals surface area contributed by atoms with Crippen LogP contribution in [0.1, 0.15) is 12.0 Å². The summed E-state index contributed by atoms with van der Waals surface area (Å²) >= 11 is 0. The predicted octanol–water partition coefficient (Wildman–Crippen LogP) is 0.627. The van der Waals surface area contributed by atoms with E-state index >= 15 is 0 Å². The van der Waals surface area contributed by atoms with Crippen LogP contribution < -0.4 is 4.72 Å². The summed E-state index contributed by atoms with van der Waals surface area (Å²) in [6, 6.07) is 10.0. The molecule has 1 saturated heterocycles. The fourth-order valence-corrected chi connectivity index (χ4v) is 2.92. The van der Waals surface area contributed by atoms with Gasteiger partial charge in [-0.05, 0) is 17.9 Å². The van der Waals surface area contributed by atoms with Crippen LogP contribution in [-0.2, 0) is 21.2 Å². The molecule has 6 heteroatoms. The lowest BCUT2D eigenvalue weighted by atomic mass is 10.1. The Hall–Kier alpha value is -1.40. The zero-order valence-electron chi connectivity index (χ0n) is 11.6. The van der Waals surface area contributed by atoms with Gasteiger partial charge in [0.05, 0.1) is 6.26 Å². The third kappa shape index (κ3) is 4.61. The Balaban J connectivity index is 1.81. The fourth-order valence-electron chi connectivity index (χ4n) is 2.38. The first kappa shape index (κ1) is 15.0. The summed E-state index contributed by atoms with van der Waals surface area (Å²) in [5.41, 5.74) is 1.21. The van der Waals surface area contributed by atoms with Crippen LogP contribution in [0.3, 0.4) is 0 Å². The van der Waals surface area contributed by atoms with Gasteiger partial charge >= 0.3 is 0 Å². The second-order valence-corrected chi connectivity index (χ2v) is 7.10. The van der Waals surface area contributed by atoms with Crippen LogP contribution >= 0.6 is 0 Å². The van der Waals surface area contributed by atoms with Crippen molar-refractivity contribution in [2.75, 3.05) is 25.9 Å². The molecular formula is C14H20N2O3S. The lowest BCUT2D eigenvalue weighted by molar-refractivity contribution is -0.127. The largest absolute Gasteiger partial charge is 0.342 e. The molecule has 1 aromatic carbocycles. The monoisotopic (exact) mass is 296 g/mol. The molecule has 1 fully saturated rings. The molecule has 1 unspecified atom stereocenters. The summed E-state index contributed by atoms with van der Waals surface area (Å²) in [5.74, 6) is 0.189. The molecule has 0 spiro atoms. The Morgan fingerprint density at radius 1 is 1.30 bits per heavy atom. The summed E-state index contributed by atoms with van der Waals surface area (Å²) < 4.78 is 24.6. The van der Waals surface area contributed by atoms with Gasteiger partial charge in [0.25, 0.3) is 0 Å². The molecule has 0 aromatic heterocycles. The second-order valence-electron chi connectivity index (χ2n) is 5.27. The molecular weight excluding hydrogens is 276 g/mol. The van der Waals surface area contributed by atoms with E-state index in [1.807, 2.05) is 35.2 Å². The minimum atomic E-state index is -3.18. The minimum Gasteiger partial charge on any atom is -0.342 e. The fraction of sp³-hybridized carbons (Fsp3) is 0.500. The van der Waals surface area contributed by atoms with E-state index in [4.69, 9.17) is 0 Å². The number of carbonyl (C=O) groups excluding carboxylic acids is 1. The normalized spacial score (nSPS) is 19.6. The van der Waals surface area contributed by atoms with Gasteiger partial charge in [-0.2, -0.15) is 0 Å². The first-order valence-electron chi connectivity index (χ1n) is 6.70. The van der Waals surface area contributed by atoms with Crippen molar-refractivity contribution in [3.05, 3.63) is 35.9 Å². The van der Waals surface area contributed by atoms with Gasteiger partial charge in [0.2, 0.25) is 15.9 Å². The Bertz CT molecular complexity index is 557. The topological polar surface area (TPSA) is 66.5 Å². The van der Waals surface area contributed by atoms with Gasteiger partial charge in [-0.25, -0.2) is 13.1 Å². The van der Waals surface area contributed by atoms with Crippen molar-refractivity contribution in [1.82, 2.24) is 9.62 Å². The molecule has 1 aromatic rings. The van der Waals surface area contributed by atoms with E-state index in [0.717, 1.165) is 12.7 Å².